The second-order valence-electron chi connectivity index (χ2n) is 3.56. The summed E-state index contributed by atoms with van der Waals surface area (Å²) in [5.74, 6) is -0.640. The van der Waals surface area contributed by atoms with Gasteiger partial charge in [0.1, 0.15) is 18.2 Å². The molecule has 1 aliphatic rings. The van der Waals surface area contributed by atoms with Crippen LogP contribution in [0.2, 0.25) is 0 Å². The summed E-state index contributed by atoms with van der Waals surface area (Å²) in [6.45, 7) is 0.943. The van der Waals surface area contributed by atoms with Crippen LogP contribution in [0.15, 0.2) is 24.3 Å². The lowest BCUT2D eigenvalue weighted by Crippen LogP contribution is -2.35. The minimum atomic E-state index is -0.411. The summed E-state index contributed by atoms with van der Waals surface area (Å²) < 4.78 is 28.8. The molecule has 3 nitrogen and oxygen atoms in total. The van der Waals surface area contributed by atoms with Crippen molar-refractivity contribution < 1.29 is 18.3 Å². The van der Waals surface area contributed by atoms with Crippen molar-refractivity contribution in [3.05, 3.63) is 35.9 Å². The fourth-order valence-corrected chi connectivity index (χ4v) is 1.46. The van der Waals surface area contributed by atoms with Crippen LogP contribution >= 0.6 is 9.39 Å². The van der Waals surface area contributed by atoms with E-state index in [-0.39, 0.29) is 11.8 Å². The zero-order valence-electron chi connectivity index (χ0n) is 9.16. The number of carbonyl (C=O) groups is 1. The molecule has 0 saturated carbocycles. The number of Topliss-reactive ketones (excluding diaryl/α,β-unsaturated/α-hetero) is 1. The average molecular weight is 261 g/mol. The molecule has 94 valence electrons. The Morgan fingerprint density at radius 2 is 1.76 bits per heavy atom. The molecule has 0 spiro atoms. The summed E-state index contributed by atoms with van der Waals surface area (Å²) in [5.41, 5.74) is 0. The summed E-state index contributed by atoms with van der Waals surface area (Å²) in [6.07, 6.45) is 0.601. The van der Waals surface area contributed by atoms with Crippen LogP contribution in [-0.4, -0.2) is 25.0 Å². The number of hydrogen-bond donors (Lipinski definition) is 1. The van der Waals surface area contributed by atoms with Gasteiger partial charge in [-0.05, 0) is 24.3 Å². The lowest BCUT2D eigenvalue weighted by atomic mass is 10.1. The van der Waals surface area contributed by atoms with Crippen LogP contribution in [0.5, 0.6) is 0 Å². The Morgan fingerprint density at radius 1 is 1.24 bits per heavy atom. The predicted octanol–water partition coefficient (Wildman–Crippen LogP) is 1.69. The fraction of sp³-hybridized carbons (Fsp3) is 0.364. The molecule has 1 heterocycles. The van der Waals surface area contributed by atoms with Crippen LogP contribution in [0, 0.1) is 11.6 Å². The zero-order chi connectivity index (χ0) is 12.7. The molecule has 0 aromatic heterocycles. The van der Waals surface area contributed by atoms with Gasteiger partial charge < -0.3 is 4.74 Å². The van der Waals surface area contributed by atoms with E-state index in [1.807, 2.05) is 0 Å². The molecule has 2 atom stereocenters. The van der Waals surface area contributed by atoms with Gasteiger partial charge in [-0.1, -0.05) is 9.39 Å². The van der Waals surface area contributed by atoms with Gasteiger partial charge in [0.15, 0.2) is 5.78 Å². The summed E-state index contributed by atoms with van der Waals surface area (Å²) in [4.78, 5) is 10.7. The normalized spacial score (nSPS) is 19.5. The molecule has 6 heteroatoms. The van der Waals surface area contributed by atoms with Gasteiger partial charge in [0.05, 0.1) is 6.61 Å². The molecule has 0 aliphatic carbocycles. The van der Waals surface area contributed by atoms with E-state index in [0.717, 1.165) is 24.3 Å². The smallest absolute Gasteiger partial charge is 0.160 e. The average Bonchev–Trinajstić information content (AvgIpc) is 2.34. The van der Waals surface area contributed by atoms with Gasteiger partial charge in [-0.2, -0.15) is 0 Å². The third kappa shape index (κ3) is 5.82. The molecular weight excluding hydrogens is 247 g/mol. The lowest BCUT2D eigenvalue weighted by Gasteiger charge is -2.19. The Kier molecular flexibility index (Phi) is 6.19. The van der Waals surface area contributed by atoms with Gasteiger partial charge in [0.2, 0.25) is 0 Å². The van der Waals surface area contributed by atoms with Crippen molar-refractivity contribution >= 4 is 15.2 Å². The first kappa shape index (κ1) is 14.2. The Bertz CT molecular complexity index is 338. The predicted molar refractivity (Wildman–Crippen MR) is 63.4 cm³/mol. The number of rotatable bonds is 1. The van der Waals surface area contributed by atoms with Gasteiger partial charge in [0.25, 0.3) is 0 Å². The Labute approximate surface area is 101 Å². The van der Waals surface area contributed by atoms with Crippen molar-refractivity contribution in [3.63, 3.8) is 0 Å². The van der Waals surface area contributed by atoms with E-state index >= 15 is 0 Å². The molecule has 1 saturated heterocycles. The van der Waals surface area contributed by atoms with Crippen LogP contribution in [0.3, 0.4) is 0 Å². The van der Waals surface area contributed by atoms with Crippen molar-refractivity contribution in [2.75, 3.05) is 13.2 Å². The van der Waals surface area contributed by atoms with Gasteiger partial charge in [-0.3, -0.25) is 9.88 Å². The number of hydrogen-bond acceptors (Lipinski definition) is 3. The van der Waals surface area contributed by atoms with Crippen molar-refractivity contribution in [2.24, 2.45) is 0 Å². The van der Waals surface area contributed by atoms with E-state index in [9.17, 15) is 13.6 Å². The van der Waals surface area contributed by atoms with Crippen LogP contribution in [0.1, 0.15) is 6.42 Å². The molecule has 0 bridgehead atoms. The largest absolute Gasteiger partial charge is 0.372 e. The molecule has 1 aromatic rings. The monoisotopic (exact) mass is 261 g/mol. The number of halogens is 2. The van der Waals surface area contributed by atoms with Gasteiger partial charge in [-0.25, -0.2) is 8.78 Å². The summed E-state index contributed by atoms with van der Waals surface area (Å²) in [5, 5.41) is 2.91. The Hall–Kier alpha value is -0.900. The molecule has 1 aromatic carbocycles. The Balaban J connectivity index is 0.000000171. The van der Waals surface area contributed by atoms with Gasteiger partial charge >= 0.3 is 0 Å². The molecule has 0 amide bonds. The molecule has 2 unspecified atom stereocenters. The van der Waals surface area contributed by atoms with Crippen molar-refractivity contribution in [1.82, 2.24) is 5.09 Å². The third-order valence-electron chi connectivity index (χ3n) is 2.10. The highest BCUT2D eigenvalue weighted by atomic mass is 31.0. The maximum atomic E-state index is 11.9. The second-order valence-corrected chi connectivity index (χ2v) is 3.89. The van der Waals surface area contributed by atoms with Crippen molar-refractivity contribution in [2.45, 2.75) is 12.5 Å². The minimum Gasteiger partial charge on any atom is -0.372 e. The molecule has 2 rings (SSSR count). The maximum absolute atomic E-state index is 11.9. The first-order valence-electron chi connectivity index (χ1n) is 5.08. The molecule has 1 fully saturated rings. The van der Waals surface area contributed by atoms with E-state index < -0.39 is 11.6 Å². The molecule has 1 aliphatic heterocycles. The molecule has 0 radical (unpaired) electrons. The molecular formula is C11H14F2NO2P. The minimum absolute atomic E-state index is 0.182. The van der Waals surface area contributed by atoms with E-state index in [1.165, 1.54) is 0 Å². The van der Waals surface area contributed by atoms with E-state index in [1.54, 1.807) is 0 Å². The van der Waals surface area contributed by atoms with Crippen molar-refractivity contribution in [1.29, 1.82) is 0 Å². The molecule has 17 heavy (non-hydrogen) atoms. The van der Waals surface area contributed by atoms with Crippen LogP contribution in [-0.2, 0) is 9.53 Å². The van der Waals surface area contributed by atoms with Gasteiger partial charge in [-0.15, -0.1) is 0 Å². The highest BCUT2D eigenvalue weighted by Gasteiger charge is 2.17. The summed E-state index contributed by atoms with van der Waals surface area (Å²) in [7, 11) is 2.38. The number of benzene rings is 1. The number of nitrogens with one attached hydrogen (secondary N) is 1. The van der Waals surface area contributed by atoms with Crippen LogP contribution in [0.4, 0.5) is 8.78 Å². The number of ketones is 1. The van der Waals surface area contributed by atoms with Crippen LogP contribution < -0.4 is 5.09 Å². The standard InChI is InChI=1S/C6H4F2.C5H10NO2P/c7-5-1-2-6(8)4-3-5;7-5-1-4(6-9)2-8-3-5/h1-4H;4,6H,1-3,9H2. The Morgan fingerprint density at radius 3 is 2.12 bits per heavy atom. The third-order valence-corrected chi connectivity index (χ3v) is 2.57. The molecule has 1 N–H and O–H groups in total. The quantitative estimate of drug-likeness (QED) is 0.782. The number of ether oxygens (including phenoxy) is 1. The first-order chi connectivity index (χ1) is 8.11. The van der Waals surface area contributed by atoms with Crippen LogP contribution in [0.25, 0.3) is 0 Å². The van der Waals surface area contributed by atoms with E-state index in [2.05, 4.69) is 14.5 Å². The van der Waals surface area contributed by atoms with E-state index in [0.29, 0.717) is 19.6 Å². The summed E-state index contributed by atoms with van der Waals surface area (Å²) >= 11 is 0. The fourth-order valence-electron chi connectivity index (χ4n) is 1.24. The van der Waals surface area contributed by atoms with E-state index in [4.69, 9.17) is 4.74 Å². The van der Waals surface area contributed by atoms with Gasteiger partial charge in [0, 0.05) is 12.5 Å². The second kappa shape index (κ2) is 7.43. The van der Waals surface area contributed by atoms with Crippen molar-refractivity contribution in [3.8, 4) is 0 Å². The maximum Gasteiger partial charge on any atom is 0.160 e. The lowest BCUT2D eigenvalue weighted by molar-refractivity contribution is -0.128. The highest BCUT2D eigenvalue weighted by molar-refractivity contribution is 7.13. The first-order valence-corrected chi connectivity index (χ1v) is 5.66. The number of carbonyl (C=O) groups excluding carboxylic acids is 1. The summed E-state index contributed by atoms with van der Waals surface area (Å²) in [6, 6.07) is 4.52. The highest BCUT2D eigenvalue weighted by Crippen LogP contribution is 2.03. The zero-order valence-corrected chi connectivity index (χ0v) is 10.3. The topological polar surface area (TPSA) is 38.3 Å². The SMILES string of the molecule is Fc1ccc(F)cc1.O=C1COCC(NP)C1.